The van der Waals surface area contributed by atoms with Crippen LogP contribution in [0, 0.1) is 0 Å². The summed E-state index contributed by atoms with van der Waals surface area (Å²) in [5, 5.41) is 0. The van der Waals surface area contributed by atoms with Crippen molar-refractivity contribution in [3.05, 3.63) is 36.6 Å². The van der Waals surface area contributed by atoms with Crippen LogP contribution in [0.5, 0.6) is 0 Å². The number of carbonyl (C=O) groups excluding carboxylic acids is 1. The van der Waals surface area contributed by atoms with Gasteiger partial charge in [-0.1, -0.05) is 0 Å². The van der Waals surface area contributed by atoms with E-state index in [-0.39, 0.29) is 11.7 Å². The van der Waals surface area contributed by atoms with E-state index in [9.17, 15) is 4.79 Å². The number of carbonyl (C=O) groups is 1. The third kappa shape index (κ3) is 1.54. The minimum atomic E-state index is -0.180. The van der Waals surface area contributed by atoms with Crippen LogP contribution in [0.15, 0.2) is 35.1 Å². The molecule has 0 bridgehead atoms. The lowest BCUT2D eigenvalue weighted by molar-refractivity contribution is 0.0981. The molecule has 14 heavy (non-hydrogen) atoms. The second kappa shape index (κ2) is 3.41. The van der Waals surface area contributed by atoms with E-state index in [4.69, 9.17) is 4.42 Å². The Balaban J connectivity index is 2.39. The van der Waals surface area contributed by atoms with Crippen LogP contribution in [0.4, 0.5) is 0 Å². The fraction of sp³-hybridized carbons (Fsp3) is 0.100. The summed E-state index contributed by atoms with van der Waals surface area (Å²) >= 11 is 0. The Morgan fingerprint density at radius 2 is 2.29 bits per heavy atom. The van der Waals surface area contributed by atoms with Crippen molar-refractivity contribution in [2.24, 2.45) is 0 Å². The molecule has 0 atom stereocenters. The quantitative estimate of drug-likeness (QED) is 0.676. The summed E-state index contributed by atoms with van der Waals surface area (Å²) in [6.45, 7) is 1.42. The van der Waals surface area contributed by atoms with Crippen molar-refractivity contribution < 1.29 is 9.21 Å². The van der Waals surface area contributed by atoms with Crippen LogP contribution in [-0.2, 0) is 0 Å². The maximum atomic E-state index is 10.9. The molecule has 0 saturated heterocycles. The zero-order valence-electron chi connectivity index (χ0n) is 7.60. The Kier molecular flexibility index (Phi) is 2.10. The van der Waals surface area contributed by atoms with Gasteiger partial charge in [0.1, 0.15) is 0 Å². The number of aromatic nitrogens is 2. The third-order valence-corrected chi connectivity index (χ3v) is 1.75. The van der Waals surface area contributed by atoms with E-state index >= 15 is 0 Å². The van der Waals surface area contributed by atoms with E-state index in [0.29, 0.717) is 5.76 Å². The van der Waals surface area contributed by atoms with E-state index in [0.717, 1.165) is 5.56 Å². The van der Waals surface area contributed by atoms with Crippen LogP contribution < -0.4 is 0 Å². The Bertz CT molecular complexity index is 448. The highest BCUT2D eigenvalue weighted by atomic mass is 16.4. The first kappa shape index (κ1) is 8.62. The number of ketones is 1. The molecule has 0 spiro atoms. The van der Waals surface area contributed by atoms with Crippen LogP contribution in [0.1, 0.15) is 17.6 Å². The highest BCUT2D eigenvalue weighted by molar-refractivity contribution is 5.89. The molecule has 0 aliphatic carbocycles. The molecule has 0 radical (unpaired) electrons. The zero-order valence-corrected chi connectivity index (χ0v) is 7.60. The molecule has 4 heteroatoms. The minimum Gasteiger partial charge on any atom is -0.434 e. The predicted octanol–water partition coefficient (Wildman–Crippen LogP) is 1.94. The first-order chi connectivity index (χ1) is 6.77. The van der Waals surface area contributed by atoms with Crippen molar-refractivity contribution >= 4 is 5.78 Å². The molecule has 4 nitrogen and oxygen atoms in total. The van der Waals surface area contributed by atoms with E-state index < -0.39 is 0 Å². The van der Waals surface area contributed by atoms with Gasteiger partial charge in [-0.3, -0.25) is 9.78 Å². The normalized spacial score (nSPS) is 10.1. The standard InChI is InChI=1S/C10H8N2O2/c1-7(13)10-12-6-9(14-10)8-3-2-4-11-5-8/h2-6H,1H3. The minimum absolute atomic E-state index is 0.129. The number of rotatable bonds is 2. The van der Waals surface area contributed by atoms with Crippen LogP contribution in [0.2, 0.25) is 0 Å². The number of Topliss-reactive ketones (excluding diaryl/α,β-unsaturated/α-hetero) is 1. The molecular weight excluding hydrogens is 180 g/mol. The van der Waals surface area contributed by atoms with Crippen molar-refractivity contribution in [1.29, 1.82) is 0 Å². The molecule has 0 aliphatic rings. The smallest absolute Gasteiger partial charge is 0.263 e. The fourth-order valence-electron chi connectivity index (χ4n) is 1.08. The van der Waals surface area contributed by atoms with Gasteiger partial charge in [0.25, 0.3) is 5.89 Å². The van der Waals surface area contributed by atoms with Gasteiger partial charge in [0.05, 0.1) is 6.20 Å². The maximum absolute atomic E-state index is 10.9. The molecule has 0 N–H and O–H groups in total. The van der Waals surface area contributed by atoms with E-state index in [1.165, 1.54) is 13.1 Å². The average Bonchev–Trinajstić information content (AvgIpc) is 2.68. The SMILES string of the molecule is CC(=O)c1ncc(-c2cccnc2)o1. The number of pyridine rings is 1. The van der Waals surface area contributed by atoms with Gasteiger partial charge in [-0.25, -0.2) is 4.98 Å². The second-order valence-electron chi connectivity index (χ2n) is 2.83. The number of hydrogen-bond acceptors (Lipinski definition) is 4. The molecule has 2 heterocycles. The number of nitrogens with zero attached hydrogens (tertiary/aromatic N) is 2. The Morgan fingerprint density at radius 3 is 2.86 bits per heavy atom. The molecule has 0 aliphatic heterocycles. The van der Waals surface area contributed by atoms with Crippen molar-refractivity contribution in [2.75, 3.05) is 0 Å². The summed E-state index contributed by atoms with van der Waals surface area (Å²) in [5.41, 5.74) is 0.813. The monoisotopic (exact) mass is 188 g/mol. The molecule has 0 fully saturated rings. The Hall–Kier alpha value is -1.97. The summed E-state index contributed by atoms with van der Waals surface area (Å²) in [4.78, 5) is 18.7. The first-order valence-electron chi connectivity index (χ1n) is 4.14. The van der Waals surface area contributed by atoms with E-state index in [2.05, 4.69) is 9.97 Å². The van der Waals surface area contributed by atoms with Crippen molar-refractivity contribution in [1.82, 2.24) is 9.97 Å². The Morgan fingerprint density at radius 1 is 1.43 bits per heavy atom. The van der Waals surface area contributed by atoms with Gasteiger partial charge in [0.2, 0.25) is 5.78 Å². The lowest BCUT2D eigenvalue weighted by atomic mass is 10.2. The van der Waals surface area contributed by atoms with E-state index in [1.54, 1.807) is 18.5 Å². The summed E-state index contributed by atoms with van der Waals surface area (Å²) in [6, 6.07) is 3.64. The zero-order chi connectivity index (χ0) is 9.97. The van der Waals surface area contributed by atoms with Gasteiger partial charge in [-0.05, 0) is 12.1 Å². The fourth-order valence-corrected chi connectivity index (χ4v) is 1.08. The van der Waals surface area contributed by atoms with Gasteiger partial charge in [0.15, 0.2) is 5.76 Å². The largest absolute Gasteiger partial charge is 0.434 e. The molecular formula is C10H8N2O2. The van der Waals surface area contributed by atoms with Crippen LogP contribution in [0.3, 0.4) is 0 Å². The van der Waals surface area contributed by atoms with Gasteiger partial charge < -0.3 is 4.42 Å². The molecule has 70 valence electrons. The molecule has 2 rings (SSSR count). The number of hydrogen-bond donors (Lipinski definition) is 0. The van der Waals surface area contributed by atoms with Gasteiger partial charge >= 0.3 is 0 Å². The van der Waals surface area contributed by atoms with Crippen molar-refractivity contribution in [3.63, 3.8) is 0 Å². The molecule has 2 aromatic heterocycles. The average molecular weight is 188 g/mol. The van der Waals surface area contributed by atoms with Crippen LogP contribution >= 0.6 is 0 Å². The molecule has 2 aromatic rings. The lowest BCUT2D eigenvalue weighted by Crippen LogP contribution is -1.89. The van der Waals surface area contributed by atoms with Crippen LogP contribution in [0.25, 0.3) is 11.3 Å². The lowest BCUT2D eigenvalue weighted by Gasteiger charge is -1.92. The first-order valence-corrected chi connectivity index (χ1v) is 4.14. The third-order valence-electron chi connectivity index (χ3n) is 1.75. The second-order valence-corrected chi connectivity index (χ2v) is 2.83. The number of oxazole rings is 1. The molecule has 0 saturated carbocycles. The summed E-state index contributed by atoms with van der Waals surface area (Å²) < 4.78 is 5.23. The molecule has 0 amide bonds. The highest BCUT2D eigenvalue weighted by Crippen LogP contribution is 2.18. The molecule has 0 aromatic carbocycles. The predicted molar refractivity (Wildman–Crippen MR) is 49.7 cm³/mol. The van der Waals surface area contributed by atoms with Gasteiger partial charge in [-0.2, -0.15) is 0 Å². The summed E-state index contributed by atoms with van der Waals surface area (Å²) in [6.07, 6.45) is 4.85. The summed E-state index contributed by atoms with van der Waals surface area (Å²) in [7, 11) is 0. The Labute approximate surface area is 80.6 Å². The van der Waals surface area contributed by atoms with Crippen molar-refractivity contribution in [2.45, 2.75) is 6.92 Å². The maximum Gasteiger partial charge on any atom is 0.263 e. The highest BCUT2D eigenvalue weighted by Gasteiger charge is 2.09. The van der Waals surface area contributed by atoms with E-state index in [1.807, 2.05) is 6.07 Å². The topological polar surface area (TPSA) is 56.0 Å². The van der Waals surface area contributed by atoms with Gasteiger partial charge in [0, 0.05) is 24.9 Å². The summed E-state index contributed by atoms with van der Waals surface area (Å²) in [5.74, 6) is 0.507. The van der Waals surface area contributed by atoms with Crippen LogP contribution in [-0.4, -0.2) is 15.8 Å². The van der Waals surface area contributed by atoms with Crippen molar-refractivity contribution in [3.8, 4) is 11.3 Å². The van der Waals surface area contributed by atoms with Gasteiger partial charge in [-0.15, -0.1) is 0 Å². The molecule has 0 unspecified atom stereocenters.